The van der Waals surface area contributed by atoms with Crippen molar-refractivity contribution in [2.24, 2.45) is 0 Å². The molecule has 0 aliphatic carbocycles. The van der Waals surface area contributed by atoms with Gasteiger partial charge in [-0.15, -0.1) is 0 Å². The molecule has 1 heterocycles. The molecule has 0 radical (unpaired) electrons. The van der Waals surface area contributed by atoms with Crippen molar-refractivity contribution in [2.75, 3.05) is 4.90 Å². The third-order valence-corrected chi connectivity index (χ3v) is 4.40. The number of anilines is 1. The maximum Gasteiger partial charge on any atom is 0.266 e. The van der Waals surface area contributed by atoms with E-state index in [4.69, 9.17) is 0 Å². The summed E-state index contributed by atoms with van der Waals surface area (Å²) in [7, 11) is 0. The Morgan fingerprint density at radius 1 is 0.818 bits per heavy atom. The van der Waals surface area contributed by atoms with E-state index in [1.54, 1.807) is 24.3 Å². The van der Waals surface area contributed by atoms with Crippen LogP contribution in [0.25, 0.3) is 0 Å². The zero-order valence-corrected chi connectivity index (χ0v) is 12.9. The number of nitrogens with zero attached hydrogens (tertiary/aromatic N) is 1. The van der Waals surface area contributed by atoms with Crippen LogP contribution in [0.5, 0.6) is 0 Å². The van der Waals surface area contributed by atoms with Gasteiger partial charge in [0.25, 0.3) is 11.8 Å². The SMILES string of the molecule is CCC(CC)c1ccc(N2C(=O)c3ccccc3C2=O)cc1. The van der Waals surface area contributed by atoms with Crippen molar-refractivity contribution in [3.05, 3.63) is 65.2 Å². The zero-order chi connectivity index (χ0) is 15.7. The van der Waals surface area contributed by atoms with Crippen LogP contribution in [0.4, 0.5) is 5.69 Å². The molecule has 3 nitrogen and oxygen atoms in total. The Morgan fingerprint density at radius 2 is 1.32 bits per heavy atom. The summed E-state index contributed by atoms with van der Waals surface area (Å²) < 4.78 is 0. The van der Waals surface area contributed by atoms with Crippen LogP contribution in [-0.4, -0.2) is 11.8 Å². The molecule has 2 amide bonds. The molecule has 0 bridgehead atoms. The van der Waals surface area contributed by atoms with Gasteiger partial charge in [-0.05, 0) is 48.6 Å². The molecule has 3 rings (SSSR count). The molecule has 22 heavy (non-hydrogen) atoms. The first-order valence-corrected chi connectivity index (χ1v) is 7.75. The van der Waals surface area contributed by atoms with Crippen molar-refractivity contribution in [3.8, 4) is 0 Å². The molecular weight excluding hydrogens is 274 g/mol. The van der Waals surface area contributed by atoms with Gasteiger partial charge in [-0.25, -0.2) is 4.90 Å². The normalized spacial score (nSPS) is 13.9. The molecule has 1 aliphatic heterocycles. The lowest BCUT2D eigenvalue weighted by molar-refractivity contribution is 0.0926. The number of rotatable bonds is 4. The number of benzene rings is 2. The van der Waals surface area contributed by atoms with Crippen LogP contribution in [0.3, 0.4) is 0 Å². The van der Waals surface area contributed by atoms with E-state index in [0.717, 1.165) is 12.8 Å². The maximum atomic E-state index is 12.4. The summed E-state index contributed by atoms with van der Waals surface area (Å²) in [5.74, 6) is 0.0444. The van der Waals surface area contributed by atoms with Crippen molar-refractivity contribution in [1.29, 1.82) is 0 Å². The lowest BCUT2D eigenvalue weighted by Crippen LogP contribution is -2.29. The van der Waals surface area contributed by atoms with Gasteiger partial charge in [0, 0.05) is 0 Å². The van der Waals surface area contributed by atoms with E-state index >= 15 is 0 Å². The molecule has 0 unspecified atom stereocenters. The minimum Gasteiger partial charge on any atom is -0.268 e. The van der Waals surface area contributed by atoms with Crippen molar-refractivity contribution in [2.45, 2.75) is 32.6 Å². The van der Waals surface area contributed by atoms with Gasteiger partial charge >= 0.3 is 0 Å². The molecule has 112 valence electrons. The Bertz CT molecular complexity index is 679. The van der Waals surface area contributed by atoms with E-state index in [-0.39, 0.29) is 11.8 Å². The fourth-order valence-corrected chi connectivity index (χ4v) is 3.08. The highest BCUT2D eigenvalue weighted by Gasteiger charge is 2.36. The largest absolute Gasteiger partial charge is 0.268 e. The number of carbonyl (C=O) groups excluding carboxylic acids is 2. The second-order valence-electron chi connectivity index (χ2n) is 5.60. The van der Waals surface area contributed by atoms with Gasteiger partial charge in [-0.2, -0.15) is 0 Å². The second kappa shape index (κ2) is 5.76. The molecule has 0 saturated carbocycles. The molecule has 0 fully saturated rings. The molecule has 1 aliphatic rings. The number of fused-ring (bicyclic) bond motifs is 1. The predicted octanol–water partition coefficient (Wildman–Crippen LogP) is 4.39. The summed E-state index contributed by atoms with van der Waals surface area (Å²) >= 11 is 0. The van der Waals surface area contributed by atoms with Gasteiger partial charge in [0.15, 0.2) is 0 Å². The summed E-state index contributed by atoms with van der Waals surface area (Å²) in [6.07, 6.45) is 2.17. The quantitative estimate of drug-likeness (QED) is 0.784. The highest BCUT2D eigenvalue weighted by molar-refractivity contribution is 6.34. The molecule has 2 aromatic rings. The number of hydrogen-bond donors (Lipinski definition) is 0. The lowest BCUT2D eigenvalue weighted by Gasteiger charge is -2.17. The van der Waals surface area contributed by atoms with Crippen LogP contribution >= 0.6 is 0 Å². The summed E-state index contributed by atoms with van der Waals surface area (Å²) in [4.78, 5) is 26.2. The molecule has 0 atom stereocenters. The Labute approximate surface area is 130 Å². The van der Waals surface area contributed by atoms with E-state index in [1.165, 1.54) is 10.5 Å². The van der Waals surface area contributed by atoms with E-state index in [1.807, 2.05) is 24.3 Å². The molecule has 0 N–H and O–H groups in total. The topological polar surface area (TPSA) is 37.4 Å². The predicted molar refractivity (Wildman–Crippen MR) is 87.3 cm³/mol. The Kier molecular flexibility index (Phi) is 3.80. The highest BCUT2D eigenvalue weighted by Crippen LogP contribution is 2.30. The number of amides is 2. The lowest BCUT2D eigenvalue weighted by atomic mass is 9.94. The smallest absolute Gasteiger partial charge is 0.266 e. The summed E-state index contributed by atoms with van der Waals surface area (Å²) in [6.45, 7) is 4.35. The van der Waals surface area contributed by atoms with Crippen molar-refractivity contribution < 1.29 is 9.59 Å². The number of hydrogen-bond acceptors (Lipinski definition) is 2. The molecule has 0 saturated heterocycles. The van der Waals surface area contributed by atoms with Crippen molar-refractivity contribution in [1.82, 2.24) is 0 Å². The first-order chi connectivity index (χ1) is 10.7. The van der Waals surface area contributed by atoms with E-state index in [9.17, 15) is 9.59 Å². The van der Waals surface area contributed by atoms with Crippen LogP contribution in [0.1, 0.15) is 58.9 Å². The first kappa shape index (κ1) is 14.5. The van der Waals surface area contributed by atoms with Crippen LogP contribution in [-0.2, 0) is 0 Å². The molecular formula is C19H19NO2. The van der Waals surface area contributed by atoms with Crippen molar-refractivity contribution in [3.63, 3.8) is 0 Å². The van der Waals surface area contributed by atoms with Gasteiger partial charge in [0.05, 0.1) is 16.8 Å². The minimum atomic E-state index is -0.240. The fourth-order valence-electron chi connectivity index (χ4n) is 3.08. The van der Waals surface area contributed by atoms with Gasteiger partial charge < -0.3 is 0 Å². The average molecular weight is 293 g/mol. The van der Waals surface area contributed by atoms with E-state index in [0.29, 0.717) is 22.7 Å². The number of imide groups is 1. The maximum absolute atomic E-state index is 12.4. The highest BCUT2D eigenvalue weighted by atomic mass is 16.2. The standard InChI is InChI=1S/C19H19NO2/c1-3-13(4-2)14-9-11-15(12-10-14)20-18(21)16-7-5-6-8-17(16)19(20)22/h5-13H,3-4H2,1-2H3. The molecule has 0 aromatic heterocycles. The number of carbonyl (C=O) groups is 2. The van der Waals surface area contributed by atoms with Crippen LogP contribution < -0.4 is 4.90 Å². The van der Waals surface area contributed by atoms with Crippen LogP contribution in [0, 0.1) is 0 Å². The van der Waals surface area contributed by atoms with E-state index < -0.39 is 0 Å². The molecule has 0 spiro atoms. The molecule has 2 aromatic carbocycles. The second-order valence-corrected chi connectivity index (χ2v) is 5.60. The Morgan fingerprint density at radius 3 is 1.77 bits per heavy atom. The van der Waals surface area contributed by atoms with Crippen molar-refractivity contribution >= 4 is 17.5 Å². The summed E-state index contributed by atoms with van der Waals surface area (Å²) in [5, 5.41) is 0. The fraction of sp³-hybridized carbons (Fsp3) is 0.263. The first-order valence-electron chi connectivity index (χ1n) is 7.75. The van der Waals surface area contributed by atoms with Gasteiger partial charge in [0.1, 0.15) is 0 Å². The third kappa shape index (κ3) is 2.23. The Balaban J connectivity index is 1.93. The van der Waals surface area contributed by atoms with Crippen LogP contribution in [0.2, 0.25) is 0 Å². The third-order valence-electron chi connectivity index (χ3n) is 4.40. The average Bonchev–Trinajstić information content (AvgIpc) is 2.81. The van der Waals surface area contributed by atoms with Gasteiger partial charge in [-0.3, -0.25) is 9.59 Å². The minimum absolute atomic E-state index is 0.240. The van der Waals surface area contributed by atoms with Gasteiger partial charge in [0.2, 0.25) is 0 Å². The Hall–Kier alpha value is -2.42. The molecule has 3 heteroatoms. The monoisotopic (exact) mass is 293 g/mol. The van der Waals surface area contributed by atoms with Gasteiger partial charge in [-0.1, -0.05) is 38.1 Å². The zero-order valence-electron chi connectivity index (χ0n) is 12.9. The van der Waals surface area contributed by atoms with Crippen LogP contribution in [0.15, 0.2) is 48.5 Å². The van der Waals surface area contributed by atoms with E-state index in [2.05, 4.69) is 13.8 Å². The summed E-state index contributed by atoms with van der Waals surface area (Å²) in [5.41, 5.74) is 2.86. The summed E-state index contributed by atoms with van der Waals surface area (Å²) in [6, 6.07) is 14.8.